The Kier molecular flexibility index (Phi) is 1.89. The van der Waals surface area contributed by atoms with Gasteiger partial charge in [0.2, 0.25) is 5.82 Å². The first-order valence-electron chi connectivity index (χ1n) is 4.09. The van der Waals surface area contributed by atoms with Gasteiger partial charge in [0, 0.05) is 0 Å². The smallest absolute Gasteiger partial charge is 0.211 e. The molecule has 4 nitrogen and oxygen atoms in total. The largest absolute Gasteiger partial charge is 0.329 e. The third-order valence-corrected chi connectivity index (χ3v) is 1.94. The van der Waals surface area contributed by atoms with Gasteiger partial charge in [0.15, 0.2) is 0 Å². The molecule has 0 spiro atoms. The van der Waals surface area contributed by atoms with E-state index in [1.165, 1.54) is 0 Å². The van der Waals surface area contributed by atoms with Crippen LogP contribution in [-0.2, 0) is 6.42 Å². The molecule has 2 aromatic rings. The normalized spacial score (nSPS) is 9.57. The second-order valence-corrected chi connectivity index (χ2v) is 2.88. The van der Waals surface area contributed by atoms with Gasteiger partial charge >= 0.3 is 0 Å². The van der Waals surface area contributed by atoms with Gasteiger partial charge in [-0.15, -0.1) is 0 Å². The Morgan fingerprint density at radius 1 is 1.36 bits per heavy atom. The second kappa shape index (κ2) is 3.20. The van der Waals surface area contributed by atoms with Crippen molar-refractivity contribution in [3.8, 4) is 12.1 Å². The number of hydrogen-bond donors (Lipinski definition) is 1. The number of nitrogens with one attached hydrogen (secondary N) is 1. The SMILES string of the molecule is N#CCc1ccc2nc(C#N)[nH]c2c1. The topological polar surface area (TPSA) is 76.3 Å². The molecule has 0 aliphatic carbocycles. The average molecular weight is 182 g/mol. The molecule has 0 fully saturated rings. The number of nitriles is 2. The molecule has 1 aromatic carbocycles. The van der Waals surface area contributed by atoms with Gasteiger partial charge in [-0.25, -0.2) is 4.98 Å². The van der Waals surface area contributed by atoms with Crippen LogP contribution in [0.5, 0.6) is 0 Å². The third-order valence-electron chi connectivity index (χ3n) is 1.94. The molecule has 0 amide bonds. The summed E-state index contributed by atoms with van der Waals surface area (Å²) in [5, 5.41) is 17.1. The van der Waals surface area contributed by atoms with E-state index < -0.39 is 0 Å². The monoisotopic (exact) mass is 182 g/mol. The second-order valence-electron chi connectivity index (χ2n) is 2.88. The van der Waals surface area contributed by atoms with Crippen LogP contribution >= 0.6 is 0 Å². The Hall–Kier alpha value is -2.33. The molecular weight excluding hydrogens is 176 g/mol. The van der Waals surface area contributed by atoms with Crippen LogP contribution in [0.15, 0.2) is 18.2 Å². The van der Waals surface area contributed by atoms with Crippen molar-refractivity contribution >= 4 is 11.0 Å². The number of fused-ring (bicyclic) bond motifs is 1. The predicted octanol–water partition coefficient (Wildman–Crippen LogP) is 1.50. The van der Waals surface area contributed by atoms with Gasteiger partial charge in [-0.2, -0.15) is 10.5 Å². The minimum Gasteiger partial charge on any atom is -0.329 e. The highest BCUT2D eigenvalue weighted by molar-refractivity contribution is 5.76. The van der Waals surface area contributed by atoms with Gasteiger partial charge in [-0.05, 0) is 17.7 Å². The Labute approximate surface area is 80.4 Å². The predicted molar refractivity (Wildman–Crippen MR) is 50.1 cm³/mol. The summed E-state index contributed by atoms with van der Waals surface area (Å²) < 4.78 is 0. The highest BCUT2D eigenvalue weighted by Gasteiger charge is 2.02. The molecule has 14 heavy (non-hydrogen) atoms. The summed E-state index contributed by atoms with van der Waals surface area (Å²) in [7, 11) is 0. The molecule has 1 aromatic heterocycles. The summed E-state index contributed by atoms with van der Waals surface area (Å²) >= 11 is 0. The van der Waals surface area contributed by atoms with E-state index >= 15 is 0 Å². The molecule has 0 bridgehead atoms. The zero-order valence-electron chi connectivity index (χ0n) is 7.28. The quantitative estimate of drug-likeness (QED) is 0.726. The van der Waals surface area contributed by atoms with Gasteiger partial charge in [0.25, 0.3) is 0 Å². The van der Waals surface area contributed by atoms with E-state index in [2.05, 4.69) is 16.0 Å². The zero-order valence-corrected chi connectivity index (χ0v) is 7.28. The van der Waals surface area contributed by atoms with E-state index in [0.29, 0.717) is 12.2 Å². The van der Waals surface area contributed by atoms with Crippen molar-refractivity contribution in [3.63, 3.8) is 0 Å². The lowest BCUT2D eigenvalue weighted by atomic mass is 10.1. The molecule has 4 heteroatoms. The lowest BCUT2D eigenvalue weighted by Gasteiger charge is -1.92. The number of hydrogen-bond acceptors (Lipinski definition) is 3. The van der Waals surface area contributed by atoms with Gasteiger partial charge in [0.1, 0.15) is 6.07 Å². The summed E-state index contributed by atoms with van der Waals surface area (Å²) in [5.74, 6) is 0.300. The van der Waals surface area contributed by atoms with E-state index in [-0.39, 0.29) is 0 Å². The highest BCUT2D eigenvalue weighted by Crippen LogP contribution is 2.13. The Bertz CT molecular complexity index is 553. The summed E-state index contributed by atoms with van der Waals surface area (Å²) in [6.07, 6.45) is 0.372. The van der Waals surface area contributed by atoms with Crippen LogP contribution in [0, 0.1) is 22.7 Å². The van der Waals surface area contributed by atoms with Gasteiger partial charge in [0.05, 0.1) is 23.5 Å². The van der Waals surface area contributed by atoms with Crippen LogP contribution < -0.4 is 0 Å². The maximum Gasteiger partial charge on any atom is 0.211 e. The van der Waals surface area contributed by atoms with E-state index in [0.717, 1.165) is 16.6 Å². The molecule has 0 saturated carbocycles. The number of benzene rings is 1. The number of nitrogens with zero attached hydrogens (tertiary/aromatic N) is 3. The Morgan fingerprint density at radius 3 is 2.93 bits per heavy atom. The summed E-state index contributed by atoms with van der Waals surface area (Å²) in [4.78, 5) is 6.90. The van der Waals surface area contributed by atoms with Crippen molar-refractivity contribution in [2.45, 2.75) is 6.42 Å². The standard InChI is InChI=1S/C10H6N4/c11-4-3-7-1-2-8-9(5-7)14-10(6-12)13-8/h1-2,5H,3H2,(H,13,14). The molecule has 66 valence electrons. The van der Waals surface area contributed by atoms with Crippen molar-refractivity contribution < 1.29 is 0 Å². The van der Waals surface area contributed by atoms with Crippen LogP contribution in [0.2, 0.25) is 0 Å². The minimum absolute atomic E-state index is 0.300. The van der Waals surface area contributed by atoms with Crippen LogP contribution in [0.3, 0.4) is 0 Å². The fourth-order valence-electron chi connectivity index (χ4n) is 1.31. The lowest BCUT2D eigenvalue weighted by molar-refractivity contribution is 1.25. The highest BCUT2D eigenvalue weighted by atomic mass is 14.9. The maximum absolute atomic E-state index is 8.62. The molecule has 1 heterocycles. The lowest BCUT2D eigenvalue weighted by Crippen LogP contribution is -1.80. The third kappa shape index (κ3) is 1.30. The maximum atomic E-state index is 8.62. The van der Waals surface area contributed by atoms with Crippen LogP contribution in [0.1, 0.15) is 11.4 Å². The zero-order chi connectivity index (χ0) is 9.97. The van der Waals surface area contributed by atoms with E-state index in [9.17, 15) is 0 Å². The van der Waals surface area contributed by atoms with Crippen molar-refractivity contribution in [2.75, 3.05) is 0 Å². The fourth-order valence-corrected chi connectivity index (χ4v) is 1.31. The molecule has 0 saturated heterocycles. The van der Waals surface area contributed by atoms with E-state index in [1.807, 2.05) is 18.2 Å². The first-order chi connectivity index (χ1) is 6.83. The minimum atomic E-state index is 0.300. The molecule has 0 aliphatic rings. The Balaban J connectivity index is 2.56. The van der Waals surface area contributed by atoms with Crippen LogP contribution in [0.4, 0.5) is 0 Å². The van der Waals surface area contributed by atoms with Crippen molar-refractivity contribution in [2.24, 2.45) is 0 Å². The number of aromatic nitrogens is 2. The van der Waals surface area contributed by atoms with Gasteiger partial charge in [-0.1, -0.05) is 6.07 Å². The summed E-state index contributed by atoms with van der Waals surface area (Å²) in [6, 6.07) is 9.49. The molecule has 0 unspecified atom stereocenters. The summed E-state index contributed by atoms with van der Waals surface area (Å²) in [6.45, 7) is 0. The molecule has 0 atom stereocenters. The first kappa shape index (κ1) is 8.28. The number of imidazole rings is 1. The number of aromatic amines is 1. The number of rotatable bonds is 1. The molecule has 1 N–H and O–H groups in total. The van der Waals surface area contributed by atoms with Gasteiger partial charge in [-0.3, -0.25) is 0 Å². The number of H-pyrrole nitrogens is 1. The fraction of sp³-hybridized carbons (Fsp3) is 0.100. The first-order valence-corrected chi connectivity index (χ1v) is 4.09. The van der Waals surface area contributed by atoms with Gasteiger partial charge < -0.3 is 4.98 Å². The van der Waals surface area contributed by atoms with Crippen molar-refractivity contribution in [1.82, 2.24) is 9.97 Å². The Morgan fingerprint density at radius 2 is 2.21 bits per heavy atom. The van der Waals surface area contributed by atoms with Crippen LogP contribution in [-0.4, -0.2) is 9.97 Å². The molecule has 2 rings (SSSR count). The summed E-state index contributed by atoms with van der Waals surface area (Å²) in [5.41, 5.74) is 2.48. The van der Waals surface area contributed by atoms with Crippen LogP contribution in [0.25, 0.3) is 11.0 Å². The average Bonchev–Trinajstić information content (AvgIpc) is 2.60. The molecular formula is C10H6N4. The van der Waals surface area contributed by atoms with Crippen molar-refractivity contribution in [3.05, 3.63) is 29.6 Å². The van der Waals surface area contributed by atoms with E-state index in [1.54, 1.807) is 6.07 Å². The molecule has 0 aliphatic heterocycles. The molecule has 0 radical (unpaired) electrons. The van der Waals surface area contributed by atoms with E-state index in [4.69, 9.17) is 10.5 Å². The van der Waals surface area contributed by atoms with Crippen molar-refractivity contribution in [1.29, 1.82) is 10.5 Å².